The lowest BCUT2D eigenvalue weighted by molar-refractivity contribution is 0.412. The molecule has 1 fully saturated rings. The van der Waals surface area contributed by atoms with Crippen molar-refractivity contribution in [2.24, 2.45) is 0 Å². The molecule has 132 valence electrons. The quantitative estimate of drug-likeness (QED) is 0.812. The minimum Gasteiger partial charge on any atom is -0.208 e. The molecule has 1 saturated heterocycles. The third kappa shape index (κ3) is 4.77. The number of benzene rings is 2. The van der Waals surface area contributed by atoms with E-state index in [0.717, 1.165) is 30.4 Å². The van der Waals surface area contributed by atoms with Crippen molar-refractivity contribution >= 4 is 16.1 Å². The molecule has 3 nitrogen and oxygen atoms in total. The van der Waals surface area contributed by atoms with Crippen LogP contribution in [0.4, 0.5) is 4.39 Å². The van der Waals surface area contributed by atoms with Crippen LogP contribution in [0.15, 0.2) is 60.0 Å². The van der Waals surface area contributed by atoms with E-state index in [0.29, 0.717) is 13.1 Å². The van der Waals surface area contributed by atoms with E-state index in [-0.39, 0.29) is 11.7 Å². The maximum Gasteiger partial charge on any atom is 0.236 e. The first-order chi connectivity index (χ1) is 12.0. The molecule has 3 rings (SSSR count). The summed E-state index contributed by atoms with van der Waals surface area (Å²) in [5.74, 6) is -0.171. The van der Waals surface area contributed by atoms with Crippen LogP contribution in [0, 0.1) is 5.82 Å². The second-order valence-corrected chi connectivity index (χ2v) is 8.18. The van der Waals surface area contributed by atoms with Crippen LogP contribution in [-0.4, -0.2) is 25.8 Å². The van der Waals surface area contributed by atoms with Gasteiger partial charge in [0.15, 0.2) is 0 Å². The first-order valence-electron chi connectivity index (χ1n) is 8.53. The summed E-state index contributed by atoms with van der Waals surface area (Å²) in [6, 6.07) is 15.8. The molecule has 0 radical (unpaired) electrons. The Hall–Kier alpha value is -1.98. The molecule has 25 heavy (non-hydrogen) atoms. The molecule has 0 aliphatic carbocycles. The van der Waals surface area contributed by atoms with Crippen molar-refractivity contribution in [3.63, 3.8) is 0 Å². The van der Waals surface area contributed by atoms with E-state index in [9.17, 15) is 12.8 Å². The third-order valence-corrected chi connectivity index (χ3v) is 6.10. The Morgan fingerprint density at radius 2 is 1.72 bits per heavy atom. The van der Waals surface area contributed by atoms with Crippen molar-refractivity contribution in [3.8, 4) is 0 Å². The van der Waals surface area contributed by atoms with Gasteiger partial charge in [-0.05, 0) is 48.1 Å². The molecule has 0 saturated carbocycles. The summed E-state index contributed by atoms with van der Waals surface area (Å²) in [5, 5.41) is 1.29. The number of rotatable bonds is 4. The minimum atomic E-state index is -3.48. The molecule has 0 spiro atoms. The Balaban J connectivity index is 1.77. The van der Waals surface area contributed by atoms with Gasteiger partial charge in [0.2, 0.25) is 10.0 Å². The second kappa shape index (κ2) is 7.93. The zero-order valence-electron chi connectivity index (χ0n) is 14.0. The van der Waals surface area contributed by atoms with Crippen LogP contribution >= 0.6 is 0 Å². The molecule has 1 unspecified atom stereocenters. The van der Waals surface area contributed by atoms with Gasteiger partial charge in [-0.2, -0.15) is 4.31 Å². The van der Waals surface area contributed by atoms with Crippen LogP contribution in [0.2, 0.25) is 0 Å². The molecule has 5 heteroatoms. The van der Waals surface area contributed by atoms with Crippen molar-refractivity contribution in [2.75, 3.05) is 13.1 Å². The Labute approximate surface area is 148 Å². The van der Waals surface area contributed by atoms with E-state index in [1.165, 1.54) is 17.5 Å². The van der Waals surface area contributed by atoms with Gasteiger partial charge in [0.05, 0.1) is 0 Å². The first-order valence-corrected chi connectivity index (χ1v) is 10.0. The Morgan fingerprint density at radius 1 is 1.00 bits per heavy atom. The largest absolute Gasteiger partial charge is 0.236 e. The standard InChI is InChI=1S/C20H22FNO2S/c21-20-11-9-18(10-12-20)19-8-4-5-14-22(16-19)25(23,24)15-13-17-6-2-1-3-7-17/h1-3,6-7,9-13,15,19H,4-5,8,14,16H2/b15-13+. The van der Waals surface area contributed by atoms with Gasteiger partial charge in [0.1, 0.15) is 5.82 Å². The Morgan fingerprint density at radius 3 is 2.44 bits per heavy atom. The lowest BCUT2D eigenvalue weighted by Crippen LogP contribution is -2.32. The van der Waals surface area contributed by atoms with Crippen LogP contribution in [0.25, 0.3) is 6.08 Å². The average molecular weight is 359 g/mol. The van der Waals surface area contributed by atoms with Gasteiger partial charge >= 0.3 is 0 Å². The summed E-state index contributed by atoms with van der Waals surface area (Å²) in [6.45, 7) is 0.965. The van der Waals surface area contributed by atoms with Gasteiger partial charge in [-0.25, -0.2) is 12.8 Å². The van der Waals surface area contributed by atoms with Crippen LogP contribution < -0.4 is 0 Å². The molecule has 0 N–H and O–H groups in total. The normalized spacial score (nSPS) is 19.8. The monoisotopic (exact) mass is 359 g/mol. The zero-order chi connectivity index (χ0) is 17.7. The van der Waals surface area contributed by atoms with E-state index in [1.54, 1.807) is 22.5 Å². The lowest BCUT2D eigenvalue weighted by atomic mass is 9.95. The van der Waals surface area contributed by atoms with Crippen molar-refractivity contribution in [1.82, 2.24) is 4.31 Å². The molecular weight excluding hydrogens is 337 g/mol. The smallest absolute Gasteiger partial charge is 0.208 e. The van der Waals surface area contributed by atoms with Gasteiger partial charge in [-0.1, -0.05) is 48.9 Å². The van der Waals surface area contributed by atoms with E-state index in [2.05, 4.69) is 0 Å². The molecule has 2 aromatic carbocycles. The Bertz CT molecular complexity index is 817. The highest BCUT2D eigenvalue weighted by Gasteiger charge is 2.26. The molecule has 1 aliphatic rings. The fourth-order valence-electron chi connectivity index (χ4n) is 3.16. The SMILES string of the molecule is O=S(=O)(/C=C/c1ccccc1)N1CCCCC(c2ccc(F)cc2)C1. The molecule has 1 atom stereocenters. The average Bonchev–Trinajstić information content (AvgIpc) is 2.89. The number of hydrogen-bond donors (Lipinski definition) is 0. The van der Waals surface area contributed by atoms with Crippen molar-refractivity contribution in [3.05, 3.63) is 76.9 Å². The third-order valence-electron chi connectivity index (χ3n) is 4.57. The maximum absolute atomic E-state index is 13.1. The summed E-state index contributed by atoms with van der Waals surface area (Å²) < 4.78 is 40.1. The summed E-state index contributed by atoms with van der Waals surface area (Å²) in [5.41, 5.74) is 1.85. The molecule has 0 amide bonds. The van der Waals surface area contributed by atoms with Gasteiger partial charge in [0, 0.05) is 18.5 Å². The van der Waals surface area contributed by atoms with Gasteiger partial charge in [-0.3, -0.25) is 0 Å². The molecule has 1 aliphatic heterocycles. The number of sulfonamides is 1. The number of halogens is 1. The summed E-state index contributed by atoms with van der Waals surface area (Å²) in [7, 11) is -3.48. The van der Waals surface area contributed by atoms with Crippen LogP contribution in [-0.2, 0) is 10.0 Å². The van der Waals surface area contributed by atoms with Gasteiger partial charge < -0.3 is 0 Å². The van der Waals surface area contributed by atoms with Crippen LogP contribution in [0.5, 0.6) is 0 Å². The van der Waals surface area contributed by atoms with Crippen molar-refractivity contribution in [1.29, 1.82) is 0 Å². The van der Waals surface area contributed by atoms with Gasteiger partial charge in [-0.15, -0.1) is 0 Å². The van der Waals surface area contributed by atoms with Gasteiger partial charge in [0.25, 0.3) is 0 Å². The lowest BCUT2D eigenvalue weighted by Gasteiger charge is -2.22. The Kier molecular flexibility index (Phi) is 5.66. The van der Waals surface area contributed by atoms with Crippen LogP contribution in [0.3, 0.4) is 0 Å². The summed E-state index contributed by atoms with van der Waals surface area (Å²) >= 11 is 0. The highest BCUT2D eigenvalue weighted by molar-refractivity contribution is 7.92. The molecule has 0 aromatic heterocycles. The van der Waals surface area contributed by atoms with E-state index < -0.39 is 10.0 Å². The predicted molar refractivity (Wildman–Crippen MR) is 99.0 cm³/mol. The topological polar surface area (TPSA) is 37.4 Å². The highest BCUT2D eigenvalue weighted by atomic mass is 32.2. The maximum atomic E-state index is 13.1. The van der Waals surface area contributed by atoms with Crippen molar-refractivity contribution in [2.45, 2.75) is 25.2 Å². The summed E-state index contributed by atoms with van der Waals surface area (Å²) in [6.07, 6.45) is 4.36. The zero-order valence-corrected chi connectivity index (χ0v) is 14.8. The fraction of sp³-hybridized carbons (Fsp3) is 0.300. The van der Waals surface area contributed by atoms with Crippen LogP contribution in [0.1, 0.15) is 36.3 Å². The fourth-order valence-corrected chi connectivity index (χ4v) is 4.43. The first kappa shape index (κ1) is 17.8. The second-order valence-electron chi connectivity index (χ2n) is 6.36. The molecule has 1 heterocycles. The highest BCUT2D eigenvalue weighted by Crippen LogP contribution is 2.28. The predicted octanol–water partition coefficient (Wildman–Crippen LogP) is 4.40. The number of nitrogens with zero attached hydrogens (tertiary/aromatic N) is 1. The van der Waals surface area contributed by atoms with E-state index in [4.69, 9.17) is 0 Å². The minimum absolute atomic E-state index is 0.100. The number of hydrogen-bond acceptors (Lipinski definition) is 2. The molecular formula is C20H22FNO2S. The molecule has 0 bridgehead atoms. The molecule has 2 aromatic rings. The van der Waals surface area contributed by atoms with Crippen molar-refractivity contribution < 1.29 is 12.8 Å². The van der Waals surface area contributed by atoms with E-state index >= 15 is 0 Å². The summed E-state index contributed by atoms with van der Waals surface area (Å²) in [4.78, 5) is 0. The van der Waals surface area contributed by atoms with E-state index in [1.807, 2.05) is 30.3 Å².